The van der Waals surface area contributed by atoms with E-state index < -0.39 is 10.1 Å². The maximum atomic E-state index is 12.6. The first kappa shape index (κ1) is 24.0. The Balaban J connectivity index is 1.69. The molecule has 0 bridgehead atoms. The lowest BCUT2D eigenvalue weighted by Gasteiger charge is -2.09. The van der Waals surface area contributed by atoms with Gasteiger partial charge in [-0.2, -0.15) is 13.5 Å². The molecule has 0 spiro atoms. The summed E-state index contributed by atoms with van der Waals surface area (Å²) in [5, 5.41) is 11.1. The SMILES string of the molecule is CCCCC1SC(=NN=Cc2cccc(OS(=O)(=O)c3cc(Br)ccc3Br)c2)NC1=O. The van der Waals surface area contributed by atoms with E-state index in [1.54, 1.807) is 24.3 Å². The Morgan fingerprint density at radius 2 is 2.03 bits per heavy atom. The summed E-state index contributed by atoms with van der Waals surface area (Å²) in [5.74, 6) is 0.0957. The number of nitrogens with zero attached hydrogens (tertiary/aromatic N) is 2. The van der Waals surface area contributed by atoms with Gasteiger partial charge in [0, 0.05) is 8.95 Å². The first-order chi connectivity index (χ1) is 14.8. The minimum absolute atomic E-state index is 0.0129. The van der Waals surface area contributed by atoms with Gasteiger partial charge in [-0.15, -0.1) is 5.10 Å². The Kier molecular flexibility index (Phi) is 8.31. The van der Waals surface area contributed by atoms with Gasteiger partial charge in [-0.25, -0.2) is 0 Å². The normalized spacial score (nSPS) is 18.0. The highest BCUT2D eigenvalue weighted by atomic mass is 79.9. The van der Waals surface area contributed by atoms with Crippen LogP contribution in [-0.4, -0.2) is 31.0 Å². The van der Waals surface area contributed by atoms with Gasteiger partial charge in [0.15, 0.2) is 5.17 Å². The van der Waals surface area contributed by atoms with Crippen molar-refractivity contribution in [1.82, 2.24) is 5.32 Å². The average molecular weight is 589 g/mol. The van der Waals surface area contributed by atoms with E-state index in [1.807, 2.05) is 0 Å². The predicted molar refractivity (Wildman–Crippen MR) is 130 cm³/mol. The predicted octanol–water partition coefficient (Wildman–Crippen LogP) is 5.09. The summed E-state index contributed by atoms with van der Waals surface area (Å²) >= 11 is 7.87. The monoisotopic (exact) mass is 587 g/mol. The van der Waals surface area contributed by atoms with Crippen molar-refractivity contribution in [2.24, 2.45) is 10.2 Å². The van der Waals surface area contributed by atoms with Crippen LogP contribution in [0, 0.1) is 0 Å². The van der Waals surface area contributed by atoms with Crippen LogP contribution in [0.5, 0.6) is 5.75 Å². The van der Waals surface area contributed by atoms with E-state index in [4.69, 9.17) is 4.18 Å². The molecule has 31 heavy (non-hydrogen) atoms. The van der Waals surface area contributed by atoms with Crippen LogP contribution in [0.3, 0.4) is 0 Å². The Bertz CT molecular complexity index is 1140. The highest BCUT2D eigenvalue weighted by Crippen LogP contribution is 2.28. The van der Waals surface area contributed by atoms with E-state index in [2.05, 4.69) is 54.3 Å². The number of hydrogen-bond donors (Lipinski definition) is 1. The lowest BCUT2D eigenvalue weighted by Crippen LogP contribution is -2.24. The standard InChI is InChI=1S/C20H19Br2N3O4S2/c1-2-3-7-17-19(26)24-20(30-17)25-23-12-13-5-4-6-15(10-13)29-31(27,28)18-11-14(21)8-9-16(18)22/h4-6,8-12,17H,2-3,7H2,1H3,(H,24,25,26). The maximum absolute atomic E-state index is 12.6. The van der Waals surface area contributed by atoms with Gasteiger partial charge < -0.3 is 9.50 Å². The van der Waals surface area contributed by atoms with E-state index in [0.717, 1.165) is 19.3 Å². The summed E-state index contributed by atoms with van der Waals surface area (Å²) in [4.78, 5) is 11.9. The van der Waals surface area contributed by atoms with Gasteiger partial charge in [0.05, 0.1) is 11.5 Å². The van der Waals surface area contributed by atoms with Crippen LogP contribution in [0.1, 0.15) is 31.7 Å². The van der Waals surface area contributed by atoms with Gasteiger partial charge in [0.25, 0.3) is 0 Å². The molecule has 0 saturated carbocycles. The largest absolute Gasteiger partial charge is 0.379 e. The number of carbonyl (C=O) groups excluding carboxylic acids is 1. The number of halogens is 2. The van der Waals surface area contributed by atoms with Crippen molar-refractivity contribution in [2.75, 3.05) is 0 Å². The summed E-state index contributed by atoms with van der Waals surface area (Å²) in [6, 6.07) is 11.3. The minimum atomic E-state index is -4.04. The summed E-state index contributed by atoms with van der Waals surface area (Å²) in [6.45, 7) is 2.08. The molecule has 0 aromatic heterocycles. The van der Waals surface area contributed by atoms with Gasteiger partial charge in [-0.05, 0) is 58.2 Å². The van der Waals surface area contributed by atoms with Crippen LogP contribution >= 0.6 is 43.6 Å². The van der Waals surface area contributed by atoms with Crippen molar-refractivity contribution in [3.63, 3.8) is 0 Å². The third-order valence-electron chi connectivity index (χ3n) is 4.18. The molecule has 3 rings (SSSR count). The maximum Gasteiger partial charge on any atom is 0.340 e. The van der Waals surface area contributed by atoms with Crippen LogP contribution in [-0.2, 0) is 14.9 Å². The molecule has 2 aromatic carbocycles. The molecule has 1 atom stereocenters. The van der Waals surface area contributed by atoms with Gasteiger partial charge in [-0.1, -0.05) is 59.6 Å². The molecule has 164 valence electrons. The average Bonchev–Trinajstić information content (AvgIpc) is 3.07. The van der Waals surface area contributed by atoms with E-state index in [1.165, 1.54) is 36.2 Å². The summed E-state index contributed by atoms with van der Waals surface area (Å²) in [7, 11) is -4.04. The lowest BCUT2D eigenvalue weighted by molar-refractivity contribution is -0.118. The second-order valence-electron chi connectivity index (χ2n) is 6.57. The van der Waals surface area contributed by atoms with E-state index in [9.17, 15) is 13.2 Å². The second kappa shape index (κ2) is 10.8. The van der Waals surface area contributed by atoms with Crippen molar-refractivity contribution in [1.29, 1.82) is 0 Å². The molecule has 1 heterocycles. The zero-order valence-corrected chi connectivity index (χ0v) is 21.2. The van der Waals surface area contributed by atoms with Crippen LogP contribution in [0.2, 0.25) is 0 Å². The fourth-order valence-corrected chi connectivity index (χ4v) is 6.02. The highest BCUT2D eigenvalue weighted by molar-refractivity contribution is 9.11. The summed E-state index contributed by atoms with van der Waals surface area (Å²) in [5.41, 5.74) is 0.599. The third-order valence-corrected chi connectivity index (χ3v) is 8.06. The molecule has 11 heteroatoms. The Labute approximate surface area is 202 Å². The Morgan fingerprint density at radius 1 is 1.23 bits per heavy atom. The van der Waals surface area contributed by atoms with Gasteiger partial charge in [0.2, 0.25) is 5.91 Å². The van der Waals surface area contributed by atoms with Gasteiger partial charge >= 0.3 is 10.1 Å². The van der Waals surface area contributed by atoms with Crippen molar-refractivity contribution in [2.45, 2.75) is 36.3 Å². The lowest BCUT2D eigenvalue weighted by atomic mass is 10.2. The third kappa shape index (κ3) is 6.64. The van der Waals surface area contributed by atoms with E-state index in [0.29, 0.717) is 19.7 Å². The number of benzene rings is 2. The fraction of sp³-hybridized carbons (Fsp3) is 0.250. The molecule has 1 N–H and O–H groups in total. The Hall–Kier alpha value is -1.69. The van der Waals surface area contributed by atoms with Crippen LogP contribution in [0.4, 0.5) is 0 Å². The quantitative estimate of drug-likeness (QED) is 0.263. The summed E-state index contributed by atoms with van der Waals surface area (Å²) < 4.78 is 31.6. The fourth-order valence-electron chi connectivity index (χ4n) is 2.67. The van der Waals surface area contributed by atoms with Crippen LogP contribution in [0.15, 0.2) is 66.5 Å². The van der Waals surface area contributed by atoms with Gasteiger partial charge in [0.1, 0.15) is 10.6 Å². The zero-order valence-electron chi connectivity index (χ0n) is 16.4. The number of amides is 1. The number of thioether (sulfide) groups is 1. The van der Waals surface area contributed by atoms with Crippen LogP contribution in [0.25, 0.3) is 0 Å². The molecule has 1 fully saturated rings. The molecule has 1 amide bonds. The van der Waals surface area contributed by atoms with Crippen LogP contribution < -0.4 is 9.50 Å². The second-order valence-corrected chi connectivity index (χ2v) is 11.0. The molecule has 2 aromatic rings. The molecule has 0 aliphatic carbocycles. The van der Waals surface area contributed by atoms with Crippen molar-refractivity contribution < 1.29 is 17.4 Å². The molecule has 0 radical (unpaired) electrons. The number of hydrogen-bond acceptors (Lipinski definition) is 7. The molecular formula is C20H19Br2N3O4S2. The van der Waals surface area contributed by atoms with Crippen molar-refractivity contribution in [3.8, 4) is 5.75 Å². The number of nitrogens with one attached hydrogen (secondary N) is 1. The number of carbonyl (C=O) groups is 1. The molecule has 7 nitrogen and oxygen atoms in total. The number of amidine groups is 1. The van der Waals surface area contributed by atoms with Crippen molar-refractivity contribution in [3.05, 3.63) is 57.0 Å². The van der Waals surface area contributed by atoms with E-state index in [-0.39, 0.29) is 21.8 Å². The number of unbranched alkanes of at least 4 members (excludes halogenated alkanes) is 1. The minimum Gasteiger partial charge on any atom is -0.379 e. The van der Waals surface area contributed by atoms with E-state index >= 15 is 0 Å². The smallest absolute Gasteiger partial charge is 0.340 e. The van der Waals surface area contributed by atoms with Crippen molar-refractivity contribution >= 4 is 71.0 Å². The highest BCUT2D eigenvalue weighted by Gasteiger charge is 2.29. The Morgan fingerprint density at radius 3 is 2.81 bits per heavy atom. The molecule has 1 aliphatic rings. The molecule has 1 saturated heterocycles. The molecule has 1 aliphatic heterocycles. The molecular weight excluding hydrogens is 570 g/mol. The topological polar surface area (TPSA) is 97.2 Å². The molecule has 1 unspecified atom stereocenters. The number of rotatable bonds is 8. The first-order valence-electron chi connectivity index (χ1n) is 9.36. The first-order valence-corrected chi connectivity index (χ1v) is 13.2. The van der Waals surface area contributed by atoms with Gasteiger partial charge in [-0.3, -0.25) is 4.79 Å². The zero-order chi connectivity index (χ0) is 22.4. The summed E-state index contributed by atoms with van der Waals surface area (Å²) in [6.07, 6.45) is 4.28.